The SMILES string of the molecule is C=CCN(Cc1cc(C(=O)NCc2ccc3c(c2)OCO3)no1)C(=O)c1cccs1. The molecule has 0 saturated carbocycles. The molecule has 1 aliphatic rings. The Labute approximate surface area is 176 Å². The van der Waals surface area contributed by atoms with Crippen LogP contribution in [0.15, 0.2) is 59.0 Å². The summed E-state index contributed by atoms with van der Waals surface area (Å²) < 4.78 is 15.9. The van der Waals surface area contributed by atoms with E-state index in [4.69, 9.17) is 14.0 Å². The predicted molar refractivity (Wildman–Crippen MR) is 109 cm³/mol. The molecule has 2 amide bonds. The summed E-state index contributed by atoms with van der Waals surface area (Å²) in [5, 5.41) is 8.46. The van der Waals surface area contributed by atoms with Crippen LogP contribution in [0.4, 0.5) is 0 Å². The molecular weight excluding hydrogens is 406 g/mol. The van der Waals surface area contributed by atoms with Gasteiger partial charge in [0.25, 0.3) is 11.8 Å². The summed E-state index contributed by atoms with van der Waals surface area (Å²) in [6.07, 6.45) is 1.64. The third-order valence-electron chi connectivity index (χ3n) is 4.40. The number of ether oxygens (including phenoxy) is 2. The quantitative estimate of drug-likeness (QED) is 0.557. The molecule has 0 spiro atoms. The Morgan fingerprint density at radius 2 is 2.10 bits per heavy atom. The Bertz CT molecular complexity index is 1060. The number of nitrogens with zero attached hydrogens (tertiary/aromatic N) is 2. The van der Waals surface area contributed by atoms with Gasteiger partial charge in [-0.15, -0.1) is 17.9 Å². The van der Waals surface area contributed by atoms with Crippen molar-refractivity contribution in [1.29, 1.82) is 0 Å². The van der Waals surface area contributed by atoms with E-state index >= 15 is 0 Å². The number of fused-ring (bicyclic) bond motifs is 1. The average molecular weight is 425 g/mol. The molecule has 0 saturated heterocycles. The first-order valence-corrected chi connectivity index (χ1v) is 10.1. The lowest BCUT2D eigenvalue weighted by Gasteiger charge is -2.18. The van der Waals surface area contributed by atoms with Crippen LogP contribution < -0.4 is 14.8 Å². The first-order chi connectivity index (χ1) is 14.6. The Morgan fingerprint density at radius 1 is 1.23 bits per heavy atom. The largest absolute Gasteiger partial charge is 0.454 e. The van der Waals surface area contributed by atoms with Crippen LogP contribution >= 0.6 is 11.3 Å². The zero-order chi connectivity index (χ0) is 20.9. The van der Waals surface area contributed by atoms with Crippen molar-refractivity contribution in [2.45, 2.75) is 13.1 Å². The van der Waals surface area contributed by atoms with Gasteiger partial charge in [0.05, 0.1) is 11.4 Å². The molecule has 8 nitrogen and oxygen atoms in total. The maximum atomic E-state index is 12.6. The second-order valence-corrected chi connectivity index (χ2v) is 7.45. The van der Waals surface area contributed by atoms with Crippen LogP contribution in [0.1, 0.15) is 31.5 Å². The first-order valence-electron chi connectivity index (χ1n) is 9.20. The maximum Gasteiger partial charge on any atom is 0.273 e. The molecule has 3 aromatic rings. The molecule has 0 aliphatic carbocycles. The van der Waals surface area contributed by atoms with E-state index in [1.807, 2.05) is 23.6 Å². The van der Waals surface area contributed by atoms with Gasteiger partial charge in [0, 0.05) is 19.2 Å². The molecule has 0 bridgehead atoms. The van der Waals surface area contributed by atoms with Crippen LogP contribution in [-0.2, 0) is 13.1 Å². The molecule has 30 heavy (non-hydrogen) atoms. The van der Waals surface area contributed by atoms with Crippen molar-refractivity contribution < 1.29 is 23.6 Å². The van der Waals surface area contributed by atoms with Gasteiger partial charge < -0.3 is 24.2 Å². The minimum Gasteiger partial charge on any atom is -0.454 e. The van der Waals surface area contributed by atoms with Crippen LogP contribution in [0, 0.1) is 0 Å². The Hall–Kier alpha value is -3.59. The van der Waals surface area contributed by atoms with E-state index in [1.54, 1.807) is 23.1 Å². The summed E-state index contributed by atoms with van der Waals surface area (Å²) in [7, 11) is 0. The molecule has 0 fully saturated rings. The minimum atomic E-state index is -0.373. The molecule has 2 aromatic heterocycles. The molecule has 154 valence electrons. The lowest BCUT2D eigenvalue weighted by molar-refractivity contribution is 0.0752. The zero-order valence-corrected chi connectivity index (χ0v) is 16.8. The van der Waals surface area contributed by atoms with E-state index in [0.29, 0.717) is 35.2 Å². The van der Waals surface area contributed by atoms with Crippen LogP contribution in [-0.4, -0.2) is 35.2 Å². The second kappa shape index (κ2) is 8.83. The van der Waals surface area contributed by atoms with Gasteiger partial charge >= 0.3 is 0 Å². The highest BCUT2D eigenvalue weighted by molar-refractivity contribution is 7.12. The Morgan fingerprint density at radius 3 is 2.90 bits per heavy atom. The minimum absolute atomic E-state index is 0.130. The number of carbonyl (C=O) groups excluding carboxylic acids is 2. The van der Waals surface area contributed by atoms with Gasteiger partial charge in [0.2, 0.25) is 6.79 Å². The maximum absolute atomic E-state index is 12.6. The van der Waals surface area contributed by atoms with E-state index in [0.717, 1.165) is 5.56 Å². The fourth-order valence-corrected chi connectivity index (χ4v) is 3.63. The molecular formula is C21H19N3O5S. The van der Waals surface area contributed by atoms with E-state index in [9.17, 15) is 9.59 Å². The monoisotopic (exact) mass is 425 g/mol. The van der Waals surface area contributed by atoms with Crippen LogP contribution in [0.2, 0.25) is 0 Å². The van der Waals surface area contributed by atoms with Crippen molar-refractivity contribution in [3.05, 3.63) is 76.3 Å². The summed E-state index contributed by atoms with van der Waals surface area (Å²) in [4.78, 5) is 27.2. The number of hydrogen-bond donors (Lipinski definition) is 1. The molecule has 3 heterocycles. The molecule has 0 radical (unpaired) electrons. The van der Waals surface area contributed by atoms with Crippen molar-refractivity contribution in [1.82, 2.24) is 15.4 Å². The number of thiophene rings is 1. The number of carbonyl (C=O) groups is 2. The molecule has 4 rings (SSSR count). The highest BCUT2D eigenvalue weighted by Gasteiger charge is 2.20. The number of benzene rings is 1. The summed E-state index contributed by atoms with van der Waals surface area (Å²) in [5.74, 6) is 1.25. The molecule has 1 aliphatic heterocycles. The molecule has 1 aromatic carbocycles. The number of amides is 2. The number of rotatable bonds is 8. The van der Waals surface area contributed by atoms with E-state index in [-0.39, 0.29) is 30.8 Å². The summed E-state index contributed by atoms with van der Waals surface area (Å²) in [5.41, 5.74) is 1.02. The molecule has 1 N–H and O–H groups in total. The number of hydrogen-bond acceptors (Lipinski definition) is 7. The molecule has 0 atom stereocenters. The van der Waals surface area contributed by atoms with Crippen LogP contribution in [0.3, 0.4) is 0 Å². The smallest absolute Gasteiger partial charge is 0.273 e. The van der Waals surface area contributed by atoms with Crippen molar-refractivity contribution in [2.75, 3.05) is 13.3 Å². The highest BCUT2D eigenvalue weighted by atomic mass is 32.1. The van der Waals surface area contributed by atoms with Crippen molar-refractivity contribution in [3.8, 4) is 11.5 Å². The van der Waals surface area contributed by atoms with Gasteiger partial charge in [-0.05, 0) is 29.1 Å². The van der Waals surface area contributed by atoms with E-state index in [2.05, 4.69) is 17.1 Å². The van der Waals surface area contributed by atoms with Gasteiger partial charge in [0.15, 0.2) is 23.0 Å². The number of nitrogens with one attached hydrogen (secondary N) is 1. The summed E-state index contributed by atoms with van der Waals surface area (Å²) in [6, 6.07) is 10.6. The van der Waals surface area contributed by atoms with Crippen LogP contribution in [0.5, 0.6) is 11.5 Å². The summed E-state index contributed by atoms with van der Waals surface area (Å²) in [6.45, 7) is 4.73. The predicted octanol–water partition coefficient (Wildman–Crippen LogP) is 3.22. The first kappa shape index (κ1) is 19.7. The van der Waals surface area contributed by atoms with E-state index < -0.39 is 0 Å². The van der Waals surface area contributed by atoms with Crippen LogP contribution in [0.25, 0.3) is 0 Å². The van der Waals surface area contributed by atoms with Crippen molar-refractivity contribution in [3.63, 3.8) is 0 Å². The lowest BCUT2D eigenvalue weighted by atomic mass is 10.2. The topological polar surface area (TPSA) is 93.9 Å². The highest BCUT2D eigenvalue weighted by Crippen LogP contribution is 2.32. The lowest BCUT2D eigenvalue weighted by Crippen LogP contribution is -2.30. The number of aromatic nitrogens is 1. The van der Waals surface area contributed by atoms with Gasteiger partial charge in [-0.25, -0.2) is 0 Å². The third-order valence-corrected chi connectivity index (χ3v) is 5.25. The standard InChI is InChI=1S/C21H19N3O5S/c1-2-7-24(21(26)19-4-3-8-30-19)12-15-10-16(23-29-15)20(25)22-11-14-5-6-17-18(9-14)28-13-27-17/h2-6,8-10H,1,7,11-13H2,(H,22,25). The molecule has 0 unspecified atom stereocenters. The van der Waals surface area contributed by atoms with Gasteiger partial charge in [-0.1, -0.05) is 23.4 Å². The average Bonchev–Trinajstić information content (AvgIpc) is 3.52. The van der Waals surface area contributed by atoms with E-state index in [1.165, 1.54) is 17.4 Å². The third kappa shape index (κ3) is 4.36. The fraction of sp³-hybridized carbons (Fsp3) is 0.190. The van der Waals surface area contributed by atoms with Crippen molar-refractivity contribution in [2.24, 2.45) is 0 Å². The van der Waals surface area contributed by atoms with Crippen molar-refractivity contribution >= 4 is 23.2 Å². The van der Waals surface area contributed by atoms with Gasteiger partial charge in [-0.3, -0.25) is 9.59 Å². The zero-order valence-electron chi connectivity index (χ0n) is 16.0. The Balaban J connectivity index is 1.37. The molecule has 9 heteroatoms. The fourth-order valence-electron chi connectivity index (χ4n) is 2.94. The normalized spacial score (nSPS) is 11.9. The Kier molecular flexibility index (Phi) is 5.80. The summed E-state index contributed by atoms with van der Waals surface area (Å²) >= 11 is 1.37. The van der Waals surface area contributed by atoms with Gasteiger partial charge in [0.1, 0.15) is 0 Å². The van der Waals surface area contributed by atoms with Gasteiger partial charge in [-0.2, -0.15) is 0 Å². The second-order valence-electron chi connectivity index (χ2n) is 6.50.